The Labute approximate surface area is 503 Å². The van der Waals surface area contributed by atoms with Gasteiger partial charge in [0.25, 0.3) is 0 Å². The smallest absolute Gasteiger partial charge is 0.188 e. The number of nitrogens with two attached hydrogens (primary N) is 2. The standard InChI is InChI=1S/C33H17N9.C12H15N3.C9H6N4.3C5H12.4H2/c34-16-17-13-14-24-25(15-17)33-41-31-23-12-6-5-11-22(23)29(39-31)37-27-19-8-2-1-7-18(19)26(35-27)36-28-20-9-3-4-10-21(20)30(38-28)40-32(24)42-33;1-12(2,3)7-4-5-8-9(6-7)11(14)15-10(8)13;1-12-5-2-3-6-7(4-5)9(11)13-8(6)10;3*1-5(2,3)4;;;;/h1-15H,(H2,35,36,37,38,39,40,41,42);4-6H,1-3H3,(H3,13,14,15);2-4H,(H3,10,11,13);3*1-4H3;4*1H. The maximum absolute atomic E-state index is 9.63. The molecule has 85 heavy (non-hydrogen) atoms. The summed E-state index contributed by atoms with van der Waals surface area (Å²) in [5.74, 6) is 3.32. The van der Waals surface area contributed by atoms with Gasteiger partial charge in [-0.2, -0.15) is 5.26 Å². The van der Waals surface area contributed by atoms with Crippen LogP contribution in [0.3, 0.4) is 0 Å². The van der Waals surface area contributed by atoms with Gasteiger partial charge in [0.1, 0.15) is 34.3 Å². The summed E-state index contributed by atoms with van der Waals surface area (Å²) in [6.45, 7) is 39.5. The number of aromatic amines is 2. The largest absolute Gasteiger partial charge is 0.383 e. The van der Waals surface area contributed by atoms with E-state index in [1.165, 1.54) is 5.56 Å². The van der Waals surface area contributed by atoms with Crippen molar-refractivity contribution < 1.29 is 5.71 Å². The maximum atomic E-state index is 9.63. The van der Waals surface area contributed by atoms with Crippen LogP contribution in [0.1, 0.15) is 143 Å². The van der Waals surface area contributed by atoms with Crippen molar-refractivity contribution in [1.82, 2.24) is 39.9 Å². The Balaban J connectivity index is 0.000000296. The number of aromatic nitrogens is 8. The molecule has 0 saturated carbocycles. The molecule has 4 aliphatic heterocycles. The van der Waals surface area contributed by atoms with E-state index in [4.69, 9.17) is 58.8 Å². The minimum absolute atomic E-state index is 0. The number of fused-ring (bicyclic) bond motifs is 22. The third-order valence-corrected chi connectivity index (χ3v) is 12.2. The van der Waals surface area contributed by atoms with Crippen LogP contribution in [0.2, 0.25) is 0 Å². The molecule has 16 nitrogen and oxygen atoms in total. The number of nitrogens with zero attached hydrogens (tertiary/aromatic N) is 10. The molecule has 8 N–H and O–H groups in total. The second-order valence-corrected chi connectivity index (χ2v) is 26.7. The van der Waals surface area contributed by atoms with E-state index in [1.807, 2.05) is 91.0 Å². The fourth-order valence-corrected chi connectivity index (χ4v) is 8.64. The Morgan fingerprint density at radius 2 is 0.776 bits per heavy atom. The summed E-state index contributed by atoms with van der Waals surface area (Å²) in [6, 6.07) is 42.6. The van der Waals surface area contributed by atoms with Gasteiger partial charge in [-0.15, -0.1) is 0 Å². The third kappa shape index (κ3) is 15.0. The van der Waals surface area contributed by atoms with Gasteiger partial charge in [0.15, 0.2) is 40.7 Å². The number of rotatable bonds is 0. The van der Waals surface area contributed by atoms with Crippen molar-refractivity contribution in [2.45, 2.75) is 109 Å². The van der Waals surface area contributed by atoms with Crippen molar-refractivity contribution in [1.29, 1.82) is 16.1 Å². The van der Waals surface area contributed by atoms with Crippen molar-refractivity contribution in [2.75, 3.05) is 0 Å². The number of nitriles is 1. The third-order valence-electron chi connectivity index (χ3n) is 12.2. The summed E-state index contributed by atoms with van der Waals surface area (Å²) in [5.41, 5.74) is 24.1. The number of hydrogen-bond donors (Lipinski definition) is 6. The van der Waals surface area contributed by atoms with Crippen LogP contribution in [0.15, 0.2) is 137 Å². The van der Waals surface area contributed by atoms with Gasteiger partial charge in [0.2, 0.25) is 0 Å². The number of hydrogen-bond acceptors (Lipinski definition) is 11. The molecule has 438 valence electrons. The molecule has 6 aromatic carbocycles. The number of aliphatic imine (C=N–C) groups is 2. The first kappa shape index (κ1) is 61.0. The minimum Gasteiger partial charge on any atom is -0.383 e. The van der Waals surface area contributed by atoms with E-state index in [2.05, 4.69) is 141 Å². The molecule has 0 amide bonds. The summed E-state index contributed by atoms with van der Waals surface area (Å²) < 4.78 is 0. The van der Waals surface area contributed by atoms with Gasteiger partial charge in [-0.25, -0.2) is 44.7 Å². The van der Waals surface area contributed by atoms with Gasteiger partial charge in [0.05, 0.1) is 18.2 Å². The molecule has 0 fully saturated rings. The van der Waals surface area contributed by atoms with Crippen LogP contribution in [-0.4, -0.2) is 63.2 Å². The summed E-state index contributed by atoms with van der Waals surface area (Å²) in [7, 11) is 0. The Morgan fingerprint density at radius 3 is 1.15 bits per heavy atom. The van der Waals surface area contributed by atoms with E-state index in [1.54, 1.807) is 30.3 Å². The lowest BCUT2D eigenvalue weighted by Gasteiger charge is -2.19. The lowest BCUT2D eigenvalue weighted by Crippen LogP contribution is -2.14. The van der Waals surface area contributed by atoms with Crippen molar-refractivity contribution in [3.8, 4) is 51.6 Å². The van der Waals surface area contributed by atoms with E-state index in [-0.39, 0.29) is 22.8 Å². The van der Waals surface area contributed by atoms with Crippen molar-refractivity contribution in [3.63, 3.8) is 0 Å². The van der Waals surface area contributed by atoms with Crippen LogP contribution in [0.4, 0.5) is 5.69 Å². The topological polar surface area (TPSA) is 262 Å². The zero-order valence-electron chi connectivity index (χ0n) is 51.3. The minimum atomic E-state index is 0. The molecular formula is C69H82N16. The van der Waals surface area contributed by atoms with Crippen molar-refractivity contribution in [3.05, 3.63) is 172 Å². The van der Waals surface area contributed by atoms with E-state index in [9.17, 15) is 5.26 Å². The Morgan fingerprint density at radius 1 is 0.435 bits per heavy atom. The highest BCUT2D eigenvalue weighted by Crippen LogP contribution is 2.38. The Hall–Kier alpha value is -10.1. The predicted molar refractivity (Wildman–Crippen MR) is 358 cm³/mol. The van der Waals surface area contributed by atoms with Crippen LogP contribution in [0, 0.1) is 45.0 Å². The van der Waals surface area contributed by atoms with E-state index in [0.29, 0.717) is 90.6 Å². The fraction of sp³-hybridized carbons (Fsp3) is 0.275. The molecule has 13 rings (SSSR count). The highest BCUT2D eigenvalue weighted by molar-refractivity contribution is 6.22. The summed E-state index contributed by atoms with van der Waals surface area (Å²) >= 11 is 0. The molecule has 7 heterocycles. The average molecular weight is 1140 g/mol. The van der Waals surface area contributed by atoms with Crippen LogP contribution in [-0.2, 0) is 5.41 Å². The van der Waals surface area contributed by atoms with Crippen molar-refractivity contribution in [2.24, 2.45) is 37.7 Å². The zero-order chi connectivity index (χ0) is 61.9. The first-order chi connectivity index (χ1) is 39.8. The quantitative estimate of drug-likeness (QED) is 0.0788. The van der Waals surface area contributed by atoms with E-state index in [0.717, 1.165) is 60.5 Å². The number of H-pyrrole nitrogens is 2. The molecule has 0 atom stereocenters. The van der Waals surface area contributed by atoms with Gasteiger partial charge >= 0.3 is 0 Å². The molecule has 0 radical (unpaired) electrons. The molecule has 0 unspecified atom stereocenters. The summed E-state index contributed by atoms with van der Waals surface area (Å²) in [4.78, 5) is 47.6. The summed E-state index contributed by atoms with van der Waals surface area (Å²) in [6.07, 6.45) is 0. The molecule has 0 saturated heterocycles. The molecule has 0 spiro atoms. The number of benzene rings is 6. The van der Waals surface area contributed by atoms with Gasteiger partial charge < -0.3 is 21.4 Å². The number of nitrogens with one attached hydrogen (secondary N) is 4. The van der Waals surface area contributed by atoms with Gasteiger partial charge in [-0.1, -0.05) is 201 Å². The summed E-state index contributed by atoms with van der Waals surface area (Å²) in [5, 5.41) is 28.4. The fourth-order valence-electron chi connectivity index (χ4n) is 8.64. The number of amidine groups is 4. The first-order valence-corrected chi connectivity index (χ1v) is 28.0. The Bertz CT molecular complexity index is 4390. The highest BCUT2D eigenvalue weighted by atomic mass is 15.1. The van der Waals surface area contributed by atoms with E-state index >= 15 is 0 Å². The SMILES string of the molecule is CC(C)(C)C.CC(C)(C)C.CC(C)(C)C.CC(C)(C)c1ccc2c(c1)C(=N)N=C2N.N#Cc1ccc2c(c1)-c1nc-2nc2[nH]c(nc3nc(nc4[nH]c(n1)c1ccccc41)-c1ccccc1-3)c1ccccc21.[C-]#[N+]c1ccc2c(c1)C(=N)N=C2N.[HH].[HH].[HH].[HH]. The molecule has 3 aromatic heterocycles. The molecular weight excluding hydrogens is 1050 g/mol. The molecule has 4 aliphatic rings. The van der Waals surface area contributed by atoms with Crippen LogP contribution in [0.25, 0.3) is 94.5 Å². The van der Waals surface area contributed by atoms with Gasteiger partial charge in [0, 0.05) is 71.8 Å². The maximum Gasteiger partial charge on any atom is 0.188 e. The van der Waals surface area contributed by atoms with Crippen LogP contribution >= 0.6 is 0 Å². The zero-order valence-corrected chi connectivity index (χ0v) is 51.3. The molecule has 0 aliphatic carbocycles. The second kappa shape index (κ2) is 24.0. The first-order valence-electron chi connectivity index (χ1n) is 28.0. The average Bonchev–Trinajstić information content (AvgIpc) is 2.22. The van der Waals surface area contributed by atoms with Gasteiger partial charge in [-0.05, 0) is 57.6 Å². The predicted octanol–water partition coefficient (Wildman–Crippen LogP) is 17.2. The normalized spacial score (nSPS) is 12.7. The Kier molecular flexibility index (Phi) is 17.3. The lowest BCUT2D eigenvalue weighted by atomic mass is 9.85. The highest BCUT2D eigenvalue weighted by Gasteiger charge is 2.25. The molecule has 16 heteroatoms. The van der Waals surface area contributed by atoms with Crippen molar-refractivity contribution >= 4 is 73.2 Å². The molecule has 8 bridgehead atoms. The monoisotopic (exact) mass is 1130 g/mol. The lowest BCUT2D eigenvalue weighted by molar-refractivity contribution is 0.469. The van der Waals surface area contributed by atoms with Crippen LogP contribution < -0.4 is 11.5 Å². The second-order valence-electron chi connectivity index (χ2n) is 26.7. The van der Waals surface area contributed by atoms with E-state index < -0.39 is 0 Å². The molecule has 9 aromatic rings. The van der Waals surface area contributed by atoms with Crippen LogP contribution in [0.5, 0.6) is 0 Å². The van der Waals surface area contributed by atoms with Gasteiger partial charge in [-0.3, -0.25) is 10.8 Å².